The standard InChI is InChI=1S/C20H13Cl2N3/c21-15-10-14(11-16(22)12-15)19-18(13-6-2-1-3-7-13)24-20(25-19)17-8-4-5-9-23-17/h1-12H,(H,24,25). The van der Waals surface area contributed by atoms with Gasteiger partial charge < -0.3 is 4.98 Å². The molecule has 2 heterocycles. The second-order valence-electron chi connectivity index (χ2n) is 5.55. The molecule has 3 nitrogen and oxygen atoms in total. The molecule has 2 aromatic carbocycles. The van der Waals surface area contributed by atoms with Gasteiger partial charge in [-0.15, -0.1) is 0 Å². The molecule has 0 bridgehead atoms. The zero-order valence-electron chi connectivity index (χ0n) is 13.1. The predicted molar refractivity (Wildman–Crippen MR) is 103 cm³/mol. The summed E-state index contributed by atoms with van der Waals surface area (Å²) in [4.78, 5) is 12.5. The number of benzene rings is 2. The van der Waals surface area contributed by atoms with Crippen molar-refractivity contribution in [3.05, 3.63) is 83.0 Å². The molecule has 0 aliphatic heterocycles. The van der Waals surface area contributed by atoms with Gasteiger partial charge >= 0.3 is 0 Å². The molecule has 0 spiro atoms. The minimum absolute atomic E-state index is 0.573. The van der Waals surface area contributed by atoms with E-state index in [1.54, 1.807) is 12.3 Å². The fraction of sp³-hybridized carbons (Fsp3) is 0. The summed E-state index contributed by atoms with van der Waals surface area (Å²) in [6.45, 7) is 0. The number of aromatic nitrogens is 3. The Kier molecular flexibility index (Phi) is 4.26. The maximum absolute atomic E-state index is 6.19. The number of halogens is 2. The van der Waals surface area contributed by atoms with E-state index in [2.05, 4.69) is 9.97 Å². The van der Waals surface area contributed by atoms with E-state index in [9.17, 15) is 0 Å². The summed E-state index contributed by atoms with van der Waals surface area (Å²) < 4.78 is 0. The van der Waals surface area contributed by atoms with Crippen molar-refractivity contribution >= 4 is 23.2 Å². The van der Waals surface area contributed by atoms with Gasteiger partial charge in [0.2, 0.25) is 0 Å². The van der Waals surface area contributed by atoms with E-state index < -0.39 is 0 Å². The second-order valence-corrected chi connectivity index (χ2v) is 6.42. The van der Waals surface area contributed by atoms with Crippen molar-refractivity contribution in [2.24, 2.45) is 0 Å². The third-order valence-corrected chi connectivity index (χ3v) is 4.25. The predicted octanol–water partition coefficient (Wildman–Crippen LogP) is 6.11. The van der Waals surface area contributed by atoms with Gasteiger partial charge in [-0.3, -0.25) is 4.98 Å². The molecule has 4 aromatic rings. The average molecular weight is 366 g/mol. The number of nitrogens with one attached hydrogen (secondary N) is 1. The Labute approximate surface area is 155 Å². The summed E-state index contributed by atoms with van der Waals surface area (Å²) in [5.74, 6) is 0.700. The molecule has 0 saturated heterocycles. The van der Waals surface area contributed by atoms with Crippen molar-refractivity contribution in [3.8, 4) is 34.0 Å². The van der Waals surface area contributed by atoms with E-state index in [1.807, 2.05) is 60.7 Å². The molecule has 0 radical (unpaired) electrons. The van der Waals surface area contributed by atoms with Crippen LogP contribution in [0.4, 0.5) is 0 Å². The Morgan fingerprint density at radius 1 is 0.760 bits per heavy atom. The van der Waals surface area contributed by atoms with Crippen molar-refractivity contribution in [1.82, 2.24) is 15.0 Å². The van der Waals surface area contributed by atoms with Crippen molar-refractivity contribution in [1.29, 1.82) is 0 Å². The normalized spacial score (nSPS) is 10.8. The molecule has 4 rings (SSSR count). The molecule has 0 aliphatic rings. The first-order valence-electron chi connectivity index (χ1n) is 7.74. The molecule has 0 atom stereocenters. The summed E-state index contributed by atoms with van der Waals surface area (Å²) >= 11 is 12.4. The minimum atomic E-state index is 0.573. The summed E-state index contributed by atoms with van der Waals surface area (Å²) in [5, 5.41) is 1.15. The summed E-state index contributed by atoms with van der Waals surface area (Å²) in [6, 6.07) is 21.2. The largest absolute Gasteiger partial charge is 0.336 e. The van der Waals surface area contributed by atoms with Gasteiger partial charge in [-0.25, -0.2) is 4.98 Å². The summed E-state index contributed by atoms with van der Waals surface area (Å²) in [5.41, 5.74) is 4.35. The van der Waals surface area contributed by atoms with Gasteiger partial charge in [0.15, 0.2) is 5.82 Å². The second kappa shape index (κ2) is 6.71. The lowest BCUT2D eigenvalue weighted by Gasteiger charge is -2.04. The number of hydrogen-bond donors (Lipinski definition) is 1. The molecule has 0 saturated carbocycles. The Morgan fingerprint density at radius 2 is 1.48 bits per heavy atom. The van der Waals surface area contributed by atoms with Gasteiger partial charge in [-0.1, -0.05) is 59.6 Å². The highest BCUT2D eigenvalue weighted by Crippen LogP contribution is 2.35. The number of aromatic amines is 1. The molecule has 1 N–H and O–H groups in total. The lowest BCUT2D eigenvalue weighted by molar-refractivity contribution is 1.22. The first-order valence-corrected chi connectivity index (χ1v) is 8.49. The van der Waals surface area contributed by atoms with Crippen LogP contribution in [0.1, 0.15) is 0 Å². The Morgan fingerprint density at radius 3 is 2.16 bits per heavy atom. The van der Waals surface area contributed by atoms with E-state index in [1.165, 1.54) is 0 Å². The zero-order chi connectivity index (χ0) is 17.2. The number of imidazole rings is 1. The number of rotatable bonds is 3. The highest BCUT2D eigenvalue weighted by atomic mass is 35.5. The van der Waals surface area contributed by atoms with Crippen LogP contribution in [0.15, 0.2) is 72.9 Å². The van der Waals surface area contributed by atoms with Gasteiger partial charge in [-0.05, 0) is 30.3 Å². The van der Waals surface area contributed by atoms with Crippen molar-refractivity contribution < 1.29 is 0 Å². The highest BCUT2D eigenvalue weighted by Gasteiger charge is 2.16. The number of pyridine rings is 1. The van der Waals surface area contributed by atoms with Gasteiger partial charge in [0.1, 0.15) is 5.69 Å². The molecule has 0 unspecified atom stereocenters. The highest BCUT2D eigenvalue weighted by molar-refractivity contribution is 6.35. The van der Waals surface area contributed by atoms with Crippen LogP contribution < -0.4 is 0 Å². The first-order chi connectivity index (χ1) is 12.2. The van der Waals surface area contributed by atoms with E-state index >= 15 is 0 Å². The van der Waals surface area contributed by atoms with Crippen molar-refractivity contribution in [2.45, 2.75) is 0 Å². The fourth-order valence-electron chi connectivity index (χ4n) is 2.71. The molecule has 5 heteroatoms. The molecule has 122 valence electrons. The number of hydrogen-bond acceptors (Lipinski definition) is 2. The lowest BCUT2D eigenvalue weighted by atomic mass is 10.1. The van der Waals surface area contributed by atoms with Crippen LogP contribution in [-0.2, 0) is 0 Å². The molecule has 2 aromatic heterocycles. The molecular weight excluding hydrogens is 353 g/mol. The van der Waals surface area contributed by atoms with Gasteiger partial charge in [0.25, 0.3) is 0 Å². The van der Waals surface area contributed by atoms with Crippen molar-refractivity contribution in [2.75, 3.05) is 0 Å². The molecule has 0 fully saturated rings. The van der Waals surface area contributed by atoms with E-state index in [0.29, 0.717) is 15.9 Å². The van der Waals surface area contributed by atoms with Crippen LogP contribution in [-0.4, -0.2) is 15.0 Å². The molecule has 25 heavy (non-hydrogen) atoms. The van der Waals surface area contributed by atoms with E-state index in [-0.39, 0.29) is 0 Å². The minimum Gasteiger partial charge on any atom is -0.336 e. The molecular formula is C20H13Cl2N3. The van der Waals surface area contributed by atoms with E-state index in [0.717, 1.165) is 28.2 Å². The Balaban J connectivity index is 1.94. The quantitative estimate of drug-likeness (QED) is 0.475. The van der Waals surface area contributed by atoms with Gasteiger partial charge in [0, 0.05) is 27.4 Å². The van der Waals surface area contributed by atoms with Crippen molar-refractivity contribution in [3.63, 3.8) is 0 Å². The molecule has 0 amide bonds. The van der Waals surface area contributed by atoms with Crippen LogP contribution in [0.3, 0.4) is 0 Å². The Bertz CT molecular complexity index is 992. The lowest BCUT2D eigenvalue weighted by Crippen LogP contribution is -1.84. The van der Waals surface area contributed by atoms with Gasteiger partial charge in [0.05, 0.1) is 11.4 Å². The maximum Gasteiger partial charge on any atom is 0.157 e. The topological polar surface area (TPSA) is 41.6 Å². The fourth-order valence-corrected chi connectivity index (χ4v) is 3.24. The number of nitrogens with zero attached hydrogens (tertiary/aromatic N) is 2. The van der Waals surface area contributed by atoms with Gasteiger partial charge in [-0.2, -0.15) is 0 Å². The zero-order valence-corrected chi connectivity index (χ0v) is 14.6. The monoisotopic (exact) mass is 365 g/mol. The van der Waals surface area contributed by atoms with Crippen LogP contribution in [0.25, 0.3) is 34.0 Å². The summed E-state index contributed by atoms with van der Waals surface area (Å²) in [7, 11) is 0. The smallest absolute Gasteiger partial charge is 0.157 e. The third kappa shape index (κ3) is 3.29. The Hall–Kier alpha value is -2.62. The van der Waals surface area contributed by atoms with E-state index in [4.69, 9.17) is 28.2 Å². The number of H-pyrrole nitrogens is 1. The average Bonchev–Trinajstić information content (AvgIpc) is 3.08. The van der Waals surface area contributed by atoms with Crippen LogP contribution in [0.2, 0.25) is 10.0 Å². The summed E-state index contributed by atoms with van der Waals surface area (Å²) in [6.07, 6.45) is 1.75. The first kappa shape index (κ1) is 15.9. The third-order valence-electron chi connectivity index (χ3n) is 3.81. The van der Waals surface area contributed by atoms with Crippen LogP contribution in [0, 0.1) is 0 Å². The SMILES string of the molecule is Clc1cc(Cl)cc(-c2nc(-c3ccccn3)[nH]c2-c2ccccc2)c1. The van der Waals surface area contributed by atoms with Crippen LogP contribution in [0.5, 0.6) is 0 Å². The molecule has 0 aliphatic carbocycles. The van der Waals surface area contributed by atoms with Crippen LogP contribution >= 0.6 is 23.2 Å². The maximum atomic E-state index is 6.19.